The Bertz CT molecular complexity index is 780. The Morgan fingerprint density at radius 1 is 0.912 bits per heavy atom. The molecule has 2 heterocycles. The average Bonchev–Trinajstić information content (AvgIpc) is 3.36. The van der Waals surface area contributed by atoms with Crippen molar-refractivity contribution in [1.29, 1.82) is 0 Å². The second-order valence-electron chi connectivity index (χ2n) is 10.2. The van der Waals surface area contributed by atoms with Crippen molar-refractivity contribution in [2.24, 2.45) is 5.92 Å². The van der Waals surface area contributed by atoms with Crippen LogP contribution in [0.25, 0.3) is 0 Å². The lowest BCUT2D eigenvalue weighted by Crippen LogP contribution is -2.47. The van der Waals surface area contributed by atoms with Crippen LogP contribution in [0.5, 0.6) is 0 Å². The van der Waals surface area contributed by atoms with Gasteiger partial charge in [-0.15, -0.1) is 0 Å². The fraction of sp³-hybridized carbons (Fsp3) is 0.731. The molecule has 5 nitrogen and oxygen atoms in total. The fourth-order valence-corrected chi connectivity index (χ4v) is 5.63. The molecule has 1 aliphatic carbocycles. The highest BCUT2D eigenvalue weighted by atomic mass is 19.4. The van der Waals surface area contributed by atoms with Gasteiger partial charge in [-0.25, -0.2) is 0 Å². The van der Waals surface area contributed by atoms with Crippen molar-refractivity contribution in [3.63, 3.8) is 0 Å². The van der Waals surface area contributed by atoms with E-state index in [0.717, 1.165) is 71.3 Å². The second kappa shape index (κ2) is 11.8. The standard InChI is InChI=1S/C26H39F3N4O/c27-26(28,29)22-4-3-5-24(20-22)33-18-16-32(17-19-33)14-10-21-6-8-23(9-7-21)30-25(34)11-15-31-12-1-2-13-31/h3-5,20-21,23H,1-2,6-19H2,(H,30,34). The SMILES string of the molecule is O=C(CCN1CCCC1)NC1CCC(CCN2CCN(c3cccc(C(F)(F)F)c3)CC2)CC1. The number of amides is 1. The van der Waals surface area contributed by atoms with E-state index in [1.165, 1.54) is 44.2 Å². The molecule has 4 rings (SSSR count). The number of nitrogens with one attached hydrogen (secondary N) is 1. The number of hydrogen-bond acceptors (Lipinski definition) is 4. The van der Waals surface area contributed by atoms with E-state index >= 15 is 0 Å². The molecule has 2 saturated heterocycles. The van der Waals surface area contributed by atoms with Crippen LogP contribution in [0.15, 0.2) is 24.3 Å². The molecule has 3 fully saturated rings. The van der Waals surface area contributed by atoms with Gasteiger partial charge >= 0.3 is 6.18 Å². The lowest BCUT2D eigenvalue weighted by atomic mass is 9.84. The molecule has 1 aromatic carbocycles. The van der Waals surface area contributed by atoms with Crippen LogP contribution < -0.4 is 10.2 Å². The van der Waals surface area contributed by atoms with Gasteiger partial charge in [-0.1, -0.05) is 6.07 Å². The van der Waals surface area contributed by atoms with Crippen LogP contribution in [0, 0.1) is 5.92 Å². The first-order chi connectivity index (χ1) is 16.4. The first-order valence-corrected chi connectivity index (χ1v) is 13.0. The number of nitrogens with zero attached hydrogens (tertiary/aromatic N) is 3. The second-order valence-corrected chi connectivity index (χ2v) is 10.2. The van der Waals surface area contributed by atoms with E-state index in [-0.39, 0.29) is 5.91 Å². The molecule has 3 aliphatic rings. The van der Waals surface area contributed by atoms with Crippen LogP contribution in [0.4, 0.5) is 18.9 Å². The molecule has 1 amide bonds. The first kappa shape index (κ1) is 25.3. The highest BCUT2D eigenvalue weighted by molar-refractivity contribution is 5.76. The number of alkyl halides is 3. The maximum absolute atomic E-state index is 13.0. The summed E-state index contributed by atoms with van der Waals surface area (Å²) in [6, 6.07) is 6.00. The molecule has 34 heavy (non-hydrogen) atoms. The number of piperazine rings is 1. The van der Waals surface area contributed by atoms with Gasteiger partial charge < -0.3 is 15.1 Å². The Morgan fingerprint density at radius 2 is 1.59 bits per heavy atom. The van der Waals surface area contributed by atoms with Crippen LogP contribution in [0.3, 0.4) is 0 Å². The van der Waals surface area contributed by atoms with Crippen molar-refractivity contribution in [2.45, 2.75) is 63.6 Å². The normalized spacial score (nSPS) is 25.0. The minimum absolute atomic E-state index is 0.203. The number of carbonyl (C=O) groups excluding carboxylic acids is 1. The summed E-state index contributed by atoms with van der Waals surface area (Å²) in [5, 5.41) is 3.25. The monoisotopic (exact) mass is 480 g/mol. The Labute approximate surface area is 201 Å². The summed E-state index contributed by atoms with van der Waals surface area (Å²) in [6.45, 7) is 7.51. The third-order valence-electron chi connectivity index (χ3n) is 7.83. The first-order valence-electron chi connectivity index (χ1n) is 13.0. The van der Waals surface area contributed by atoms with E-state index in [1.54, 1.807) is 6.07 Å². The molecule has 1 N–H and O–H groups in total. The topological polar surface area (TPSA) is 38.8 Å². The van der Waals surface area contributed by atoms with E-state index in [0.29, 0.717) is 24.1 Å². The van der Waals surface area contributed by atoms with E-state index in [2.05, 4.69) is 20.0 Å². The van der Waals surface area contributed by atoms with Gasteiger partial charge in [0.15, 0.2) is 0 Å². The van der Waals surface area contributed by atoms with Crippen LogP contribution >= 0.6 is 0 Å². The maximum Gasteiger partial charge on any atom is 0.416 e. The molecule has 190 valence electrons. The summed E-state index contributed by atoms with van der Waals surface area (Å²) in [5.74, 6) is 0.910. The Hall–Kier alpha value is -1.80. The fourth-order valence-electron chi connectivity index (χ4n) is 5.63. The van der Waals surface area contributed by atoms with Crippen molar-refractivity contribution in [3.8, 4) is 0 Å². The van der Waals surface area contributed by atoms with Crippen molar-refractivity contribution < 1.29 is 18.0 Å². The summed E-state index contributed by atoms with van der Waals surface area (Å²) in [5.41, 5.74) is 0.0843. The Kier molecular flexibility index (Phi) is 8.75. The van der Waals surface area contributed by atoms with Gasteiger partial charge in [-0.2, -0.15) is 13.2 Å². The van der Waals surface area contributed by atoms with E-state index in [1.807, 2.05) is 0 Å². The van der Waals surface area contributed by atoms with E-state index in [4.69, 9.17) is 0 Å². The third-order valence-corrected chi connectivity index (χ3v) is 7.83. The smallest absolute Gasteiger partial charge is 0.369 e. The molecule has 0 unspecified atom stereocenters. The lowest BCUT2D eigenvalue weighted by Gasteiger charge is -2.37. The largest absolute Gasteiger partial charge is 0.416 e. The van der Waals surface area contributed by atoms with Crippen LogP contribution in [-0.2, 0) is 11.0 Å². The molecular weight excluding hydrogens is 441 g/mol. The quantitative estimate of drug-likeness (QED) is 0.600. The van der Waals surface area contributed by atoms with Gasteiger partial charge in [0.2, 0.25) is 5.91 Å². The van der Waals surface area contributed by atoms with Crippen molar-refractivity contribution >= 4 is 11.6 Å². The number of hydrogen-bond donors (Lipinski definition) is 1. The van der Waals surface area contributed by atoms with Crippen molar-refractivity contribution in [3.05, 3.63) is 29.8 Å². The van der Waals surface area contributed by atoms with Crippen LogP contribution in [0.2, 0.25) is 0 Å². The molecule has 8 heteroatoms. The number of benzene rings is 1. The minimum Gasteiger partial charge on any atom is -0.369 e. The molecule has 2 aliphatic heterocycles. The highest BCUT2D eigenvalue weighted by Crippen LogP contribution is 2.32. The molecule has 0 radical (unpaired) electrons. The molecule has 0 aromatic heterocycles. The zero-order valence-corrected chi connectivity index (χ0v) is 20.2. The van der Waals surface area contributed by atoms with Gasteiger partial charge in [-0.3, -0.25) is 9.69 Å². The van der Waals surface area contributed by atoms with Gasteiger partial charge in [0.05, 0.1) is 5.56 Å². The molecule has 1 saturated carbocycles. The number of anilines is 1. The summed E-state index contributed by atoms with van der Waals surface area (Å²) < 4.78 is 39.0. The van der Waals surface area contributed by atoms with Crippen molar-refractivity contribution in [2.75, 3.05) is 57.3 Å². The van der Waals surface area contributed by atoms with Gasteiger partial charge in [0.25, 0.3) is 0 Å². The lowest BCUT2D eigenvalue weighted by molar-refractivity contribution is -0.137. The molecule has 1 aromatic rings. The molecule has 0 spiro atoms. The van der Waals surface area contributed by atoms with E-state index in [9.17, 15) is 18.0 Å². The summed E-state index contributed by atoms with van der Waals surface area (Å²) >= 11 is 0. The summed E-state index contributed by atoms with van der Waals surface area (Å²) in [4.78, 5) is 19.2. The number of carbonyl (C=O) groups is 1. The Balaban J connectivity index is 1.10. The number of rotatable bonds is 8. The van der Waals surface area contributed by atoms with Gasteiger partial charge in [0, 0.05) is 50.9 Å². The molecule has 0 atom stereocenters. The minimum atomic E-state index is -4.30. The summed E-state index contributed by atoms with van der Waals surface area (Å²) in [6.07, 6.45) is 4.49. The predicted octanol–water partition coefficient (Wildman–Crippen LogP) is 4.38. The van der Waals surface area contributed by atoms with Crippen LogP contribution in [-0.4, -0.2) is 74.1 Å². The third kappa shape index (κ3) is 7.35. The van der Waals surface area contributed by atoms with Gasteiger partial charge in [-0.05, 0) is 88.7 Å². The van der Waals surface area contributed by atoms with Crippen molar-refractivity contribution in [1.82, 2.24) is 15.1 Å². The zero-order chi connectivity index (χ0) is 24.0. The average molecular weight is 481 g/mol. The van der Waals surface area contributed by atoms with Crippen LogP contribution in [0.1, 0.15) is 56.9 Å². The molecular formula is C26H39F3N4O. The molecule has 0 bridgehead atoms. The maximum atomic E-state index is 13.0. The van der Waals surface area contributed by atoms with Gasteiger partial charge in [0.1, 0.15) is 0 Å². The van der Waals surface area contributed by atoms with E-state index < -0.39 is 11.7 Å². The number of halogens is 3. The highest BCUT2D eigenvalue weighted by Gasteiger charge is 2.31. The summed E-state index contributed by atoms with van der Waals surface area (Å²) in [7, 11) is 0. The zero-order valence-electron chi connectivity index (χ0n) is 20.2. The number of likely N-dealkylation sites (tertiary alicyclic amines) is 1. The Morgan fingerprint density at radius 3 is 2.26 bits per heavy atom. The predicted molar refractivity (Wildman–Crippen MR) is 129 cm³/mol.